The summed E-state index contributed by atoms with van der Waals surface area (Å²) in [6.45, 7) is 3.40. The van der Waals surface area contributed by atoms with E-state index in [1.807, 2.05) is 12.4 Å². The Hall–Kier alpha value is -0.450. The van der Waals surface area contributed by atoms with E-state index in [1.165, 1.54) is 31.5 Å². The number of halogens is 1. The summed E-state index contributed by atoms with van der Waals surface area (Å²) < 4.78 is 1.07. The van der Waals surface area contributed by atoms with Crippen LogP contribution in [0, 0.1) is 0 Å². The summed E-state index contributed by atoms with van der Waals surface area (Å²) in [5.74, 6) is 0. The van der Waals surface area contributed by atoms with Crippen LogP contribution >= 0.6 is 15.9 Å². The maximum atomic E-state index is 4.21. The minimum absolute atomic E-state index is 0.756. The van der Waals surface area contributed by atoms with Gasteiger partial charge in [-0.1, -0.05) is 0 Å². The van der Waals surface area contributed by atoms with Crippen LogP contribution < -0.4 is 0 Å². The highest BCUT2D eigenvalue weighted by Crippen LogP contribution is 2.17. The Morgan fingerprint density at radius 1 is 1.35 bits per heavy atom. The van der Waals surface area contributed by atoms with Gasteiger partial charge in [0.1, 0.15) is 0 Å². The van der Waals surface area contributed by atoms with Crippen molar-refractivity contribution in [3.05, 3.63) is 28.5 Å². The fourth-order valence-corrected chi connectivity index (χ4v) is 2.81. The average molecular weight is 298 g/mol. The predicted octanol–water partition coefficient (Wildman–Crippen LogP) is 2.37. The number of aromatic nitrogens is 1. The summed E-state index contributed by atoms with van der Waals surface area (Å²) in [6, 6.07) is 2.91. The summed E-state index contributed by atoms with van der Waals surface area (Å²) in [4.78, 5) is 9.07. The Kier molecular flexibility index (Phi) is 4.54. The Labute approximate surface area is 112 Å². The van der Waals surface area contributed by atoms with Gasteiger partial charge in [-0.15, -0.1) is 0 Å². The molecule has 0 saturated carbocycles. The van der Waals surface area contributed by atoms with Gasteiger partial charge in [-0.3, -0.25) is 9.88 Å². The zero-order valence-electron chi connectivity index (χ0n) is 10.6. The molecule has 1 aliphatic rings. The molecular weight excluding hydrogens is 278 g/mol. The number of hydrogen-bond donors (Lipinski definition) is 0. The molecule has 1 aromatic rings. The molecule has 4 heteroatoms. The normalized spacial score (nSPS) is 18.8. The van der Waals surface area contributed by atoms with E-state index in [9.17, 15) is 0 Å². The molecular formula is C13H20BrN3. The molecule has 1 aromatic heterocycles. The molecule has 0 aromatic carbocycles. The number of rotatable bonds is 3. The van der Waals surface area contributed by atoms with Gasteiger partial charge in [0.25, 0.3) is 0 Å². The lowest BCUT2D eigenvalue weighted by Gasteiger charge is -2.35. The van der Waals surface area contributed by atoms with Crippen molar-refractivity contribution in [1.82, 2.24) is 14.8 Å². The highest BCUT2D eigenvalue weighted by molar-refractivity contribution is 9.10. The van der Waals surface area contributed by atoms with E-state index in [-0.39, 0.29) is 0 Å². The third-order valence-corrected chi connectivity index (χ3v) is 3.89. The molecule has 1 fully saturated rings. The molecule has 17 heavy (non-hydrogen) atoms. The SMILES string of the molecule is CN(C)C1CCN(Cc2cncc(Br)c2)CC1. The molecule has 0 spiro atoms. The number of piperidine rings is 1. The molecule has 1 saturated heterocycles. The molecule has 0 atom stereocenters. The van der Waals surface area contributed by atoms with E-state index in [2.05, 4.69) is 50.9 Å². The van der Waals surface area contributed by atoms with Crippen LogP contribution in [0.3, 0.4) is 0 Å². The number of likely N-dealkylation sites (tertiary alicyclic amines) is 1. The van der Waals surface area contributed by atoms with Gasteiger partial charge in [-0.2, -0.15) is 0 Å². The molecule has 94 valence electrons. The second kappa shape index (κ2) is 5.94. The molecule has 0 unspecified atom stereocenters. The van der Waals surface area contributed by atoms with Gasteiger partial charge < -0.3 is 4.90 Å². The monoisotopic (exact) mass is 297 g/mol. The van der Waals surface area contributed by atoms with Crippen molar-refractivity contribution in [3.8, 4) is 0 Å². The van der Waals surface area contributed by atoms with Crippen molar-refractivity contribution in [2.24, 2.45) is 0 Å². The first-order valence-electron chi connectivity index (χ1n) is 6.13. The average Bonchev–Trinajstić information content (AvgIpc) is 2.29. The van der Waals surface area contributed by atoms with Crippen molar-refractivity contribution in [3.63, 3.8) is 0 Å². The van der Waals surface area contributed by atoms with Crippen LogP contribution in [0.2, 0.25) is 0 Å². The Morgan fingerprint density at radius 2 is 2.06 bits per heavy atom. The minimum Gasteiger partial charge on any atom is -0.306 e. The third kappa shape index (κ3) is 3.76. The van der Waals surface area contributed by atoms with Crippen LogP contribution in [0.15, 0.2) is 22.9 Å². The largest absolute Gasteiger partial charge is 0.306 e. The zero-order valence-corrected chi connectivity index (χ0v) is 12.2. The Morgan fingerprint density at radius 3 is 2.65 bits per heavy atom. The highest BCUT2D eigenvalue weighted by atomic mass is 79.9. The fraction of sp³-hybridized carbons (Fsp3) is 0.615. The summed E-state index contributed by atoms with van der Waals surface area (Å²) in [6.07, 6.45) is 6.34. The van der Waals surface area contributed by atoms with Crippen LogP contribution in [0.5, 0.6) is 0 Å². The molecule has 0 N–H and O–H groups in total. The van der Waals surface area contributed by atoms with Crippen LogP contribution in [0.25, 0.3) is 0 Å². The second-order valence-corrected chi connectivity index (χ2v) is 5.90. The Bertz CT molecular complexity index is 359. The first-order valence-corrected chi connectivity index (χ1v) is 6.92. The van der Waals surface area contributed by atoms with E-state index in [4.69, 9.17) is 0 Å². The smallest absolute Gasteiger partial charge is 0.0410 e. The number of hydrogen-bond acceptors (Lipinski definition) is 3. The zero-order chi connectivity index (χ0) is 12.3. The number of pyridine rings is 1. The third-order valence-electron chi connectivity index (χ3n) is 3.46. The van der Waals surface area contributed by atoms with Crippen molar-refractivity contribution in [2.75, 3.05) is 27.2 Å². The molecule has 0 radical (unpaired) electrons. The van der Waals surface area contributed by atoms with Gasteiger partial charge in [-0.25, -0.2) is 0 Å². The molecule has 0 bridgehead atoms. The predicted molar refractivity (Wildman–Crippen MR) is 73.9 cm³/mol. The van der Waals surface area contributed by atoms with E-state index in [0.29, 0.717) is 0 Å². The lowest BCUT2D eigenvalue weighted by atomic mass is 10.0. The van der Waals surface area contributed by atoms with E-state index >= 15 is 0 Å². The molecule has 1 aliphatic heterocycles. The van der Waals surface area contributed by atoms with E-state index in [1.54, 1.807) is 0 Å². The Balaban J connectivity index is 1.86. The van der Waals surface area contributed by atoms with Gasteiger partial charge >= 0.3 is 0 Å². The maximum Gasteiger partial charge on any atom is 0.0410 e. The number of nitrogens with zero attached hydrogens (tertiary/aromatic N) is 3. The van der Waals surface area contributed by atoms with Crippen molar-refractivity contribution in [1.29, 1.82) is 0 Å². The lowest BCUT2D eigenvalue weighted by Crippen LogP contribution is -2.41. The maximum absolute atomic E-state index is 4.21. The van der Waals surface area contributed by atoms with Gasteiger partial charge in [0.2, 0.25) is 0 Å². The molecule has 0 aliphatic carbocycles. The van der Waals surface area contributed by atoms with Crippen LogP contribution in [0.4, 0.5) is 0 Å². The summed E-state index contributed by atoms with van der Waals surface area (Å²) in [7, 11) is 4.36. The van der Waals surface area contributed by atoms with Gasteiger partial charge in [0.15, 0.2) is 0 Å². The first kappa shape index (κ1) is 13.0. The second-order valence-electron chi connectivity index (χ2n) is 4.98. The first-order chi connectivity index (χ1) is 8.15. The van der Waals surface area contributed by atoms with Crippen molar-refractivity contribution < 1.29 is 0 Å². The summed E-state index contributed by atoms with van der Waals surface area (Å²) >= 11 is 3.47. The van der Waals surface area contributed by atoms with Gasteiger partial charge in [0, 0.05) is 29.5 Å². The summed E-state index contributed by atoms with van der Waals surface area (Å²) in [5, 5.41) is 0. The van der Waals surface area contributed by atoms with Crippen LogP contribution in [-0.2, 0) is 6.54 Å². The van der Waals surface area contributed by atoms with Crippen LogP contribution in [0.1, 0.15) is 18.4 Å². The topological polar surface area (TPSA) is 19.4 Å². The molecule has 2 rings (SSSR count). The van der Waals surface area contributed by atoms with Gasteiger partial charge in [0.05, 0.1) is 0 Å². The fourth-order valence-electron chi connectivity index (χ4n) is 2.39. The summed E-state index contributed by atoms with van der Waals surface area (Å²) in [5.41, 5.74) is 1.29. The lowest BCUT2D eigenvalue weighted by molar-refractivity contribution is 0.140. The van der Waals surface area contributed by atoms with Gasteiger partial charge in [-0.05, 0) is 67.6 Å². The molecule has 0 amide bonds. The molecule has 2 heterocycles. The highest BCUT2D eigenvalue weighted by Gasteiger charge is 2.20. The van der Waals surface area contributed by atoms with E-state index < -0.39 is 0 Å². The van der Waals surface area contributed by atoms with E-state index in [0.717, 1.165) is 17.1 Å². The van der Waals surface area contributed by atoms with Crippen LogP contribution in [-0.4, -0.2) is 48.0 Å². The quantitative estimate of drug-likeness (QED) is 0.854. The van der Waals surface area contributed by atoms with Crippen molar-refractivity contribution in [2.45, 2.75) is 25.4 Å². The molecule has 3 nitrogen and oxygen atoms in total. The van der Waals surface area contributed by atoms with Crippen molar-refractivity contribution >= 4 is 15.9 Å². The standard InChI is InChI=1S/C13H20BrN3/c1-16(2)13-3-5-17(6-4-13)10-11-7-12(14)9-15-8-11/h7-9,13H,3-6,10H2,1-2H3. The minimum atomic E-state index is 0.756.